The first kappa shape index (κ1) is 22.4. The summed E-state index contributed by atoms with van der Waals surface area (Å²) in [5.74, 6) is 2.05. The highest BCUT2D eigenvalue weighted by molar-refractivity contribution is 5.38. The quantitative estimate of drug-likeness (QED) is 0.348. The number of fused-ring (bicyclic) bond motifs is 2. The van der Waals surface area contributed by atoms with Gasteiger partial charge in [0.25, 0.3) is 0 Å². The lowest BCUT2D eigenvalue weighted by Gasteiger charge is -2.48. The van der Waals surface area contributed by atoms with Crippen LogP contribution in [0, 0.1) is 16.7 Å². The van der Waals surface area contributed by atoms with E-state index in [9.17, 15) is 5.11 Å². The SMILES string of the molecule is COCO[C@@H]1C=C(C2(O)CC3CCC2(/C=C/Oc2ccc(OC)cc2)C3(C)C)CCC1. The third-order valence-corrected chi connectivity index (χ3v) is 8.21. The number of ether oxygens (including phenoxy) is 4. The van der Waals surface area contributed by atoms with Crippen molar-refractivity contribution in [1.82, 2.24) is 0 Å². The second-order valence-corrected chi connectivity index (χ2v) is 9.78. The van der Waals surface area contributed by atoms with Crippen LogP contribution in [0.1, 0.15) is 52.4 Å². The number of aliphatic hydroxyl groups is 1. The fourth-order valence-corrected chi connectivity index (χ4v) is 6.34. The molecule has 5 heteroatoms. The van der Waals surface area contributed by atoms with Crippen molar-refractivity contribution in [2.24, 2.45) is 16.7 Å². The van der Waals surface area contributed by atoms with Crippen molar-refractivity contribution in [2.45, 2.75) is 64.1 Å². The third kappa shape index (κ3) is 3.71. The molecule has 2 saturated carbocycles. The summed E-state index contributed by atoms with van der Waals surface area (Å²) < 4.78 is 22.1. The molecule has 4 rings (SSSR count). The molecular formula is C26H36O5. The summed E-state index contributed by atoms with van der Waals surface area (Å²) in [6.07, 6.45) is 11.9. The van der Waals surface area contributed by atoms with Crippen LogP contribution >= 0.6 is 0 Å². The summed E-state index contributed by atoms with van der Waals surface area (Å²) in [4.78, 5) is 0. The molecule has 0 aromatic heterocycles. The predicted molar refractivity (Wildman–Crippen MR) is 120 cm³/mol. The zero-order valence-corrected chi connectivity index (χ0v) is 19.2. The molecule has 4 atom stereocenters. The first-order valence-electron chi connectivity index (χ1n) is 11.4. The topological polar surface area (TPSA) is 57.2 Å². The fraction of sp³-hybridized carbons (Fsp3) is 0.615. The normalized spacial score (nSPS) is 34.2. The van der Waals surface area contributed by atoms with Gasteiger partial charge >= 0.3 is 0 Å². The monoisotopic (exact) mass is 428 g/mol. The summed E-state index contributed by atoms with van der Waals surface area (Å²) >= 11 is 0. The van der Waals surface area contributed by atoms with E-state index in [1.165, 1.54) is 0 Å². The lowest BCUT2D eigenvalue weighted by molar-refractivity contribution is -0.0684. The van der Waals surface area contributed by atoms with Crippen molar-refractivity contribution >= 4 is 0 Å². The lowest BCUT2D eigenvalue weighted by Crippen LogP contribution is -2.50. The molecule has 1 N–H and O–H groups in total. The molecule has 5 nitrogen and oxygen atoms in total. The highest BCUT2D eigenvalue weighted by Crippen LogP contribution is 2.72. The van der Waals surface area contributed by atoms with E-state index < -0.39 is 5.60 Å². The molecule has 1 aromatic rings. The van der Waals surface area contributed by atoms with Crippen molar-refractivity contribution in [3.63, 3.8) is 0 Å². The van der Waals surface area contributed by atoms with E-state index in [1.807, 2.05) is 24.3 Å². The van der Waals surface area contributed by atoms with Crippen LogP contribution in [0.15, 0.2) is 48.3 Å². The first-order valence-corrected chi connectivity index (χ1v) is 11.4. The van der Waals surface area contributed by atoms with Gasteiger partial charge < -0.3 is 24.1 Å². The molecule has 0 saturated heterocycles. The van der Waals surface area contributed by atoms with E-state index >= 15 is 0 Å². The highest BCUT2D eigenvalue weighted by atomic mass is 16.7. The van der Waals surface area contributed by atoms with Crippen LogP contribution in [0.25, 0.3) is 0 Å². The van der Waals surface area contributed by atoms with Crippen LogP contribution in [-0.2, 0) is 9.47 Å². The molecular weight excluding hydrogens is 392 g/mol. The molecule has 2 fully saturated rings. The van der Waals surface area contributed by atoms with E-state index in [0.717, 1.165) is 55.6 Å². The largest absolute Gasteiger partial charge is 0.497 e. The van der Waals surface area contributed by atoms with Gasteiger partial charge in [0.1, 0.15) is 18.3 Å². The van der Waals surface area contributed by atoms with Crippen molar-refractivity contribution in [2.75, 3.05) is 21.0 Å². The molecule has 3 aliphatic rings. The number of rotatable bonds is 8. The van der Waals surface area contributed by atoms with Gasteiger partial charge in [-0.2, -0.15) is 0 Å². The van der Waals surface area contributed by atoms with Crippen LogP contribution in [0.5, 0.6) is 11.5 Å². The van der Waals surface area contributed by atoms with Gasteiger partial charge in [-0.25, -0.2) is 0 Å². The van der Waals surface area contributed by atoms with Gasteiger partial charge in [0.05, 0.1) is 25.1 Å². The van der Waals surface area contributed by atoms with Crippen molar-refractivity contribution < 1.29 is 24.1 Å². The minimum absolute atomic E-state index is 0.00606. The number of methoxy groups -OCH3 is 2. The molecule has 0 aliphatic heterocycles. The summed E-state index contributed by atoms with van der Waals surface area (Å²) in [7, 11) is 3.29. The maximum absolute atomic E-state index is 12.2. The summed E-state index contributed by atoms with van der Waals surface area (Å²) in [6, 6.07) is 7.56. The molecule has 3 unspecified atom stereocenters. The molecule has 2 bridgehead atoms. The Hall–Kier alpha value is -1.82. The Kier molecular flexibility index (Phi) is 6.21. The Morgan fingerprint density at radius 3 is 2.52 bits per heavy atom. The zero-order valence-electron chi connectivity index (χ0n) is 19.2. The lowest BCUT2D eigenvalue weighted by atomic mass is 9.59. The second kappa shape index (κ2) is 8.61. The zero-order chi connectivity index (χ0) is 22.1. The van der Waals surface area contributed by atoms with Gasteiger partial charge in [-0.3, -0.25) is 0 Å². The molecule has 1 aromatic carbocycles. The Morgan fingerprint density at radius 2 is 1.84 bits per heavy atom. The van der Waals surface area contributed by atoms with E-state index in [-0.39, 0.29) is 23.7 Å². The standard InChI is InChI=1S/C26H36O5/c1-24(2)20-12-13-25(24,14-15-30-22-10-8-21(29-4)9-11-22)26(27,17-20)19-6-5-7-23(16-19)31-18-28-3/h8-11,14-16,20,23,27H,5-7,12-13,17-18H2,1-4H3/b15-14+/t20?,23-,25?,26?/m0/s1. The van der Waals surface area contributed by atoms with Crippen LogP contribution in [-0.4, -0.2) is 37.8 Å². The maximum atomic E-state index is 12.2. The molecule has 0 amide bonds. The van der Waals surface area contributed by atoms with Crippen molar-refractivity contribution in [3.8, 4) is 11.5 Å². The number of hydrogen-bond acceptors (Lipinski definition) is 5. The Morgan fingerprint density at radius 1 is 1.10 bits per heavy atom. The van der Waals surface area contributed by atoms with E-state index in [2.05, 4.69) is 26.0 Å². The Labute approximate surface area is 186 Å². The van der Waals surface area contributed by atoms with E-state index in [1.54, 1.807) is 20.5 Å². The van der Waals surface area contributed by atoms with Gasteiger partial charge in [0.15, 0.2) is 0 Å². The Bertz CT molecular complexity index is 827. The van der Waals surface area contributed by atoms with Gasteiger partial charge in [0, 0.05) is 12.5 Å². The van der Waals surface area contributed by atoms with Gasteiger partial charge in [-0.05, 0) is 85.8 Å². The van der Waals surface area contributed by atoms with E-state index in [4.69, 9.17) is 18.9 Å². The highest BCUT2D eigenvalue weighted by Gasteiger charge is 2.70. The molecule has 31 heavy (non-hydrogen) atoms. The minimum Gasteiger partial charge on any atom is -0.497 e. The maximum Gasteiger partial charge on any atom is 0.147 e. The third-order valence-electron chi connectivity index (χ3n) is 8.21. The van der Waals surface area contributed by atoms with Crippen LogP contribution in [0.4, 0.5) is 0 Å². The van der Waals surface area contributed by atoms with Crippen LogP contribution in [0.2, 0.25) is 0 Å². The van der Waals surface area contributed by atoms with Gasteiger partial charge in [0.2, 0.25) is 0 Å². The smallest absolute Gasteiger partial charge is 0.147 e. The average Bonchev–Trinajstić information content (AvgIpc) is 3.12. The molecule has 0 spiro atoms. The molecule has 0 radical (unpaired) electrons. The number of benzene rings is 1. The van der Waals surface area contributed by atoms with Gasteiger partial charge in [-0.1, -0.05) is 19.9 Å². The van der Waals surface area contributed by atoms with E-state index in [0.29, 0.717) is 5.92 Å². The van der Waals surface area contributed by atoms with Crippen LogP contribution < -0.4 is 9.47 Å². The van der Waals surface area contributed by atoms with Crippen molar-refractivity contribution in [1.29, 1.82) is 0 Å². The first-order chi connectivity index (χ1) is 14.9. The minimum atomic E-state index is -0.867. The molecule has 170 valence electrons. The second-order valence-electron chi connectivity index (χ2n) is 9.78. The molecule has 0 heterocycles. The fourth-order valence-electron chi connectivity index (χ4n) is 6.34. The average molecular weight is 429 g/mol. The predicted octanol–water partition coefficient (Wildman–Crippen LogP) is 5.24. The summed E-state index contributed by atoms with van der Waals surface area (Å²) in [5, 5.41) is 12.2. The van der Waals surface area contributed by atoms with Gasteiger partial charge in [-0.15, -0.1) is 0 Å². The Balaban J connectivity index is 1.61. The number of hydrogen-bond donors (Lipinski definition) is 1. The van der Waals surface area contributed by atoms with Crippen molar-refractivity contribution in [3.05, 3.63) is 48.3 Å². The molecule has 3 aliphatic carbocycles. The van der Waals surface area contributed by atoms with Crippen LogP contribution in [0.3, 0.4) is 0 Å². The summed E-state index contributed by atoms with van der Waals surface area (Å²) in [5.41, 5.74) is -0.104. The summed E-state index contributed by atoms with van der Waals surface area (Å²) in [6.45, 7) is 4.90.